The van der Waals surface area contributed by atoms with Gasteiger partial charge < -0.3 is 4.90 Å². The molecule has 2 heterocycles. The highest BCUT2D eigenvalue weighted by atomic mass is 35.5. The van der Waals surface area contributed by atoms with Crippen molar-refractivity contribution in [3.63, 3.8) is 0 Å². The first kappa shape index (κ1) is 24.2. The Labute approximate surface area is 218 Å². The number of para-hydroxylation sites is 2. The van der Waals surface area contributed by atoms with Crippen LogP contribution in [0.1, 0.15) is 30.4 Å². The standard InChI is InChI=1S/C29H31Cl2N3O/c30-24-10-7-13-27(29(24)31)33-20-18-32(19-21-33)17-6-5-14-28(35)34-25-11-3-1-8-22(25)15-16-23-9-2-4-12-26(23)34/h1-4,7-13H,5-6,14-21H2. The van der Waals surface area contributed by atoms with E-state index in [0.717, 1.165) is 75.5 Å². The Kier molecular flexibility index (Phi) is 7.62. The summed E-state index contributed by atoms with van der Waals surface area (Å²) in [5, 5.41) is 1.24. The number of fused-ring (bicyclic) bond motifs is 2. The van der Waals surface area contributed by atoms with E-state index in [2.05, 4.69) is 46.2 Å². The van der Waals surface area contributed by atoms with Crippen molar-refractivity contribution in [3.8, 4) is 0 Å². The summed E-state index contributed by atoms with van der Waals surface area (Å²) >= 11 is 12.6. The minimum Gasteiger partial charge on any atom is -0.368 e. The summed E-state index contributed by atoms with van der Waals surface area (Å²) in [6.45, 7) is 4.85. The number of hydrogen-bond donors (Lipinski definition) is 0. The Hall–Kier alpha value is -2.53. The van der Waals surface area contributed by atoms with Gasteiger partial charge in [0.1, 0.15) is 0 Å². The topological polar surface area (TPSA) is 26.8 Å². The van der Waals surface area contributed by atoms with Crippen molar-refractivity contribution in [2.24, 2.45) is 0 Å². The second-order valence-electron chi connectivity index (χ2n) is 9.35. The highest BCUT2D eigenvalue weighted by Crippen LogP contribution is 2.37. The molecule has 1 saturated heterocycles. The molecule has 1 fully saturated rings. The fourth-order valence-electron chi connectivity index (χ4n) is 5.22. The summed E-state index contributed by atoms with van der Waals surface area (Å²) in [5.74, 6) is 0.187. The quantitative estimate of drug-likeness (QED) is 0.345. The number of benzene rings is 3. The van der Waals surface area contributed by atoms with Crippen molar-refractivity contribution in [2.45, 2.75) is 32.1 Å². The van der Waals surface area contributed by atoms with Crippen LogP contribution >= 0.6 is 23.2 Å². The van der Waals surface area contributed by atoms with Crippen molar-refractivity contribution in [1.29, 1.82) is 0 Å². The maximum absolute atomic E-state index is 13.5. The molecule has 2 aliphatic heterocycles. The third-order valence-electron chi connectivity index (χ3n) is 7.14. The predicted molar refractivity (Wildman–Crippen MR) is 146 cm³/mol. The molecule has 0 unspecified atom stereocenters. The predicted octanol–water partition coefficient (Wildman–Crippen LogP) is 6.75. The van der Waals surface area contributed by atoms with Crippen molar-refractivity contribution >= 4 is 46.2 Å². The van der Waals surface area contributed by atoms with E-state index in [1.807, 2.05) is 35.2 Å². The number of halogens is 2. The van der Waals surface area contributed by atoms with Crippen LogP contribution in [0.5, 0.6) is 0 Å². The maximum atomic E-state index is 13.5. The van der Waals surface area contributed by atoms with E-state index in [0.29, 0.717) is 16.5 Å². The molecule has 0 atom stereocenters. The van der Waals surface area contributed by atoms with E-state index in [-0.39, 0.29) is 5.91 Å². The first-order valence-corrected chi connectivity index (χ1v) is 13.3. The van der Waals surface area contributed by atoms with Gasteiger partial charge in [0.05, 0.1) is 27.1 Å². The van der Waals surface area contributed by atoms with Gasteiger partial charge in [-0.2, -0.15) is 0 Å². The summed E-state index contributed by atoms with van der Waals surface area (Å²) in [7, 11) is 0. The second-order valence-corrected chi connectivity index (χ2v) is 10.1. The van der Waals surface area contributed by atoms with Gasteiger partial charge in [-0.1, -0.05) is 65.7 Å². The van der Waals surface area contributed by atoms with E-state index in [4.69, 9.17) is 23.2 Å². The van der Waals surface area contributed by atoms with Crippen molar-refractivity contribution < 1.29 is 4.79 Å². The van der Waals surface area contributed by atoms with Crippen LogP contribution in [0.4, 0.5) is 17.1 Å². The summed E-state index contributed by atoms with van der Waals surface area (Å²) < 4.78 is 0. The van der Waals surface area contributed by atoms with Gasteiger partial charge in [0, 0.05) is 32.6 Å². The van der Waals surface area contributed by atoms with Crippen molar-refractivity contribution in [3.05, 3.63) is 87.9 Å². The number of unbranched alkanes of at least 4 members (excludes halogenated alkanes) is 1. The number of nitrogens with zero attached hydrogens (tertiary/aromatic N) is 3. The molecule has 35 heavy (non-hydrogen) atoms. The van der Waals surface area contributed by atoms with E-state index in [9.17, 15) is 4.79 Å². The number of rotatable bonds is 6. The first-order valence-electron chi connectivity index (χ1n) is 12.5. The molecular weight excluding hydrogens is 477 g/mol. The molecule has 3 aromatic carbocycles. The van der Waals surface area contributed by atoms with Crippen LogP contribution in [0.15, 0.2) is 66.7 Å². The van der Waals surface area contributed by atoms with E-state index in [1.54, 1.807) is 0 Å². The molecule has 4 nitrogen and oxygen atoms in total. The molecule has 0 bridgehead atoms. The van der Waals surface area contributed by atoms with Crippen LogP contribution in [0, 0.1) is 0 Å². The summed E-state index contributed by atoms with van der Waals surface area (Å²) in [4.78, 5) is 20.2. The lowest BCUT2D eigenvalue weighted by Gasteiger charge is -2.36. The van der Waals surface area contributed by atoms with Gasteiger partial charge in [0.2, 0.25) is 5.91 Å². The lowest BCUT2D eigenvalue weighted by molar-refractivity contribution is -0.118. The van der Waals surface area contributed by atoms with Gasteiger partial charge in [-0.3, -0.25) is 14.6 Å². The smallest absolute Gasteiger partial charge is 0.231 e. The molecule has 0 spiro atoms. The third kappa shape index (κ3) is 5.35. The molecule has 5 rings (SSSR count). The fourth-order valence-corrected chi connectivity index (χ4v) is 5.64. The molecule has 6 heteroatoms. The Balaban J connectivity index is 1.15. The molecular formula is C29H31Cl2N3O. The summed E-state index contributed by atoms with van der Waals surface area (Å²) in [6, 6.07) is 22.5. The lowest BCUT2D eigenvalue weighted by Crippen LogP contribution is -2.46. The zero-order valence-corrected chi connectivity index (χ0v) is 21.4. The number of carbonyl (C=O) groups is 1. The third-order valence-corrected chi connectivity index (χ3v) is 7.95. The monoisotopic (exact) mass is 507 g/mol. The summed E-state index contributed by atoms with van der Waals surface area (Å²) in [6.07, 6.45) is 4.38. The average molecular weight is 508 g/mol. The Morgan fingerprint density at radius 1 is 0.714 bits per heavy atom. The van der Waals surface area contributed by atoms with Crippen molar-refractivity contribution in [2.75, 3.05) is 42.5 Å². The molecule has 0 saturated carbocycles. The molecule has 0 N–H and O–H groups in total. The highest BCUT2D eigenvalue weighted by molar-refractivity contribution is 6.43. The number of amides is 1. The lowest BCUT2D eigenvalue weighted by atomic mass is 10.0. The maximum Gasteiger partial charge on any atom is 0.231 e. The van der Waals surface area contributed by atoms with Gasteiger partial charge in [-0.25, -0.2) is 0 Å². The molecule has 0 aromatic heterocycles. The molecule has 3 aromatic rings. The van der Waals surface area contributed by atoms with Crippen LogP contribution < -0.4 is 9.80 Å². The van der Waals surface area contributed by atoms with Gasteiger partial charge in [0.25, 0.3) is 0 Å². The largest absolute Gasteiger partial charge is 0.368 e. The Morgan fingerprint density at radius 2 is 1.31 bits per heavy atom. The minimum atomic E-state index is 0.187. The Bertz CT molecular complexity index is 1140. The van der Waals surface area contributed by atoms with Crippen molar-refractivity contribution in [1.82, 2.24) is 4.90 Å². The molecule has 182 valence electrons. The van der Waals surface area contributed by atoms with Gasteiger partial charge in [-0.15, -0.1) is 0 Å². The number of aryl methyl sites for hydroxylation is 2. The highest BCUT2D eigenvalue weighted by Gasteiger charge is 2.25. The SMILES string of the molecule is O=C(CCCCN1CCN(c2cccc(Cl)c2Cl)CC1)N1c2ccccc2CCc2ccccc21. The Morgan fingerprint density at radius 3 is 1.97 bits per heavy atom. The van der Waals surface area contributed by atoms with Crippen LogP contribution in [0.3, 0.4) is 0 Å². The number of hydrogen-bond acceptors (Lipinski definition) is 3. The molecule has 0 aliphatic carbocycles. The fraction of sp³-hybridized carbons (Fsp3) is 0.345. The zero-order chi connectivity index (χ0) is 24.2. The molecule has 2 aliphatic rings. The van der Waals surface area contributed by atoms with Crippen LogP contribution in [0.2, 0.25) is 10.0 Å². The molecule has 1 amide bonds. The number of carbonyl (C=O) groups excluding carboxylic acids is 1. The van der Waals surface area contributed by atoms with E-state index in [1.165, 1.54) is 11.1 Å². The van der Waals surface area contributed by atoms with Crippen LogP contribution in [-0.2, 0) is 17.6 Å². The normalized spacial score (nSPS) is 15.9. The van der Waals surface area contributed by atoms with E-state index >= 15 is 0 Å². The average Bonchev–Trinajstić information content (AvgIpc) is 3.06. The number of piperazine rings is 1. The van der Waals surface area contributed by atoms with Crippen LogP contribution in [-0.4, -0.2) is 43.5 Å². The van der Waals surface area contributed by atoms with E-state index < -0.39 is 0 Å². The number of anilines is 3. The zero-order valence-electron chi connectivity index (χ0n) is 19.9. The minimum absolute atomic E-state index is 0.187. The van der Waals surface area contributed by atoms with Gasteiger partial charge in [0.15, 0.2) is 0 Å². The van der Waals surface area contributed by atoms with Crippen LogP contribution in [0.25, 0.3) is 0 Å². The van der Waals surface area contributed by atoms with Gasteiger partial charge >= 0.3 is 0 Å². The first-order chi connectivity index (χ1) is 17.1. The molecule has 0 radical (unpaired) electrons. The summed E-state index contributed by atoms with van der Waals surface area (Å²) in [5.41, 5.74) is 5.59. The second kappa shape index (κ2) is 11.0. The van der Waals surface area contributed by atoms with Gasteiger partial charge in [-0.05, 0) is 67.6 Å².